The number of hydrogen-bond acceptors (Lipinski definition) is 3. The summed E-state index contributed by atoms with van der Waals surface area (Å²) in [5, 5.41) is 2.98. The van der Waals surface area contributed by atoms with E-state index >= 15 is 0 Å². The largest absolute Gasteiger partial charge is 0.378 e. The predicted molar refractivity (Wildman–Crippen MR) is 74.8 cm³/mol. The minimum atomic E-state index is 0.160. The molecule has 1 N–H and O–H groups in total. The fourth-order valence-corrected chi connectivity index (χ4v) is 3.05. The Kier molecular flexibility index (Phi) is 3.94. The lowest BCUT2D eigenvalue weighted by Crippen LogP contribution is -2.22. The van der Waals surface area contributed by atoms with Crippen LogP contribution in [0.4, 0.5) is 11.4 Å². The van der Waals surface area contributed by atoms with Crippen molar-refractivity contribution in [3.63, 3.8) is 0 Å². The molecule has 1 unspecified atom stereocenters. The molecule has 1 aliphatic heterocycles. The van der Waals surface area contributed by atoms with E-state index in [1.165, 1.54) is 0 Å². The van der Waals surface area contributed by atoms with Gasteiger partial charge in [0.05, 0.1) is 0 Å². The first-order valence-electron chi connectivity index (χ1n) is 5.83. The van der Waals surface area contributed by atoms with Gasteiger partial charge in [0.25, 0.3) is 0 Å². The second kappa shape index (κ2) is 5.45. The number of anilines is 2. The van der Waals surface area contributed by atoms with E-state index in [0.717, 1.165) is 29.3 Å². The number of carbonyl (C=O) groups is 1. The number of nitrogens with zero attached hydrogens (tertiary/aromatic N) is 1. The Morgan fingerprint density at radius 3 is 2.59 bits per heavy atom. The maximum atomic E-state index is 11.9. The van der Waals surface area contributed by atoms with E-state index < -0.39 is 0 Å². The smallest absolute Gasteiger partial charge is 0.228 e. The van der Waals surface area contributed by atoms with Crippen molar-refractivity contribution in [3.05, 3.63) is 24.3 Å². The van der Waals surface area contributed by atoms with Gasteiger partial charge in [-0.15, -0.1) is 0 Å². The summed E-state index contributed by atoms with van der Waals surface area (Å²) in [7, 11) is 4.01. The van der Waals surface area contributed by atoms with Crippen LogP contribution in [0.2, 0.25) is 0 Å². The predicted octanol–water partition coefficient (Wildman–Crippen LogP) is 2.44. The molecule has 1 heterocycles. The van der Waals surface area contributed by atoms with E-state index in [9.17, 15) is 4.79 Å². The second-order valence-electron chi connectivity index (χ2n) is 4.49. The van der Waals surface area contributed by atoms with E-state index in [1.807, 2.05) is 55.0 Å². The Bertz CT molecular complexity index is 383. The molecule has 0 aliphatic carbocycles. The highest BCUT2D eigenvalue weighted by Crippen LogP contribution is 2.25. The second-order valence-corrected chi connectivity index (χ2v) is 5.64. The van der Waals surface area contributed by atoms with E-state index in [2.05, 4.69) is 5.32 Å². The zero-order chi connectivity index (χ0) is 12.3. The van der Waals surface area contributed by atoms with Crippen LogP contribution >= 0.6 is 11.8 Å². The molecule has 1 aromatic rings. The number of carbonyl (C=O) groups excluding carboxylic acids is 1. The molecule has 1 amide bonds. The maximum absolute atomic E-state index is 11.9. The maximum Gasteiger partial charge on any atom is 0.228 e. The zero-order valence-electron chi connectivity index (χ0n) is 10.3. The highest BCUT2D eigenvalue weighted by molar-refractivity contribution is 7.99. The molecule has 4 heteroatoms. The molecule has 1 saturated heterocycles. The zero-order valence-corrected chi connectivity index (χ0v) is 11.1. The fraction of sp³-hybridized carbons (Fsp3) is 0.462. The van der Waals surface area contributed by atoms with Gasteiger partial charge in [0.15, 0.2) is 0 Å². The molecule has 1 aliphatic rings. The van der Waals surface area contributed by atoms with Crippen molar-refractivity contribution in [1.82, 2.24) is 0 Å². The van der Waals surface area contributed by atoms with Crippen molar-refractivity contribution in [2.75, 3.05) is 35.8 Å². The van der Waals surface area contributed by atoms with Crippen LogP contribution in [-0.4, -0.2) is 31.5 Å². The summed E-state index contributed by atoms with van der Waals surface area (Å²) < 4.78 is 0. The van der Waals surface area contributed by atoms with Crippen molar-refractivity contribution in [2.24, 2.45) is 5.92 Å². The Morgan fingerprint density at radius 2 is 2.06 bits per heavy atom. The molecule has 1 fully saturated rings. The van der Waals surface area contributed by atoms with Crippen LogP contribution in [0, 0.1) is 5.92 Å². The average molecular weight is 250 g/mol. The SMILES string of the molecule is CN(C)c1ccc(NC(=O)C2CCSC2)cc1. The molecule has 17 heavy (non-hydrogen) atoms. The summed E-state index contributed by atoms with van der Waals surface area (Å²) in [5.74, 6) is 2.42. The number of rotatable bonds is 3. The number of amides is 1. The number of hydrogen-bond donors (Lipinski definition) is 1. The van der Waals surface area contributed by atoms with Crippen LogP contribution in [-0.2, 0) is 4.79 Å². The molecule has 2 rings (SSSR count). The van der Waals surface area contributed by atoms with Crippen molar-refractivity contribution in [3.8, 4) is 0 Å². The lowest BCUT2D eigenvalue weighted by molar-refractivity contribution is -0.119. The Morgan fingerprint density at radius 1 is 1.35 bits per heavy atom. The molecular weight excluding hydrogens is 232 g/mol. The first kappa shape index (κ1) is 12.3. The van der Waals surface area contributed by atoms with Crippen LogP contribution in [0.15, 0.2) is 24.3 Å². The van der Waals surface area contributed by atoms with E-state index in [0.29, 0.717) is 0 Å². The number of thioether (sulfide) groups is 1. The minimum absolute atomic E-state index is 0.160. The third-order valence-corrected chi connectivity index (χ3v) is 4.11. The molecule has 1 aromatic carbocycles. The monoisotopic (exact) mass is 250 g/mol. The molecule has 0 aromatic heterocycles. The van der Waals surface area contributed by atoms with Gasteiger partial charge in [0, 0.05) is 37.1 Å². The Hall–Kier alpha value is -1.16. The molecule has 0 bridgehead atoms. The summed E-state index contributed by atoms with van der Waals surface area (Å²) >= 11 is 1.86. The van der Waals surface area contributed by atoms with Gasteiger partial charge >= 0.3 is 0 Å². The van der Waals surface area contributed by atoms with Gasteiger partial charge in [-0.2, -0.15) is 11.8 Å². The normalized spacial score (nSPS) is 19.1. The van der Waals surface area contributed by atoms with Crippen molar-refractivity contribution < 1.29 is 4.79 Å². The molecule has 92 valence electrons. The topological polar surface area (TPSA) is 32.3 Å². The summed E-state index contributed by atoms with van der Waals surface area (Å²) in [6.45, 7) is 0. The summed E-state index contributed by atoms with van der Waals surface area (Å²) in [6.07, 6.45) is 1.01. The molecule has 1 atom stereocenters. The van der Waals surface area contributed by atoms with Crippen LogP contribution in [0.3, 0.4) is 0 Å². The van der Waals surface area contributed by atoms with Gasteiger partial charge in [-0.25, -0.2) is 0 Å². The van der Waals surface area contributed by atoms with Gasteiger partial charge in [-0.3, -0.25) is 4.79 Å². The third kappa shape index (κ3) is 3.16. The summed E-state index contributed by atoms with van der Waals surface area (Å²) in [6, 6.07) is 7.93. The van der Waals surface area contributed by atoms with Gasteiger partial charge in [-0.05, 0) is 36.4 Å². The number of benzene rings is 1. The summed E-state index contributed by atoms with van der Waals surface area (Å²) in [4.78, 5) is 13.9. The molecular formula is C13H18N2OS. The molecule has 0 saturated carbocycles. The van der Waals surface area contributed by atoms with Crippen molar-refractivity contribution in [2.45, 2.75) is 6.42 Å². The highest BCUT2D eigenvalue weighted by Gasteiger charge is 2.22. The van der Waals surface area contributed by atoms with E-state index in [-0.39, 0.29) is 11.8 Å². The lowest BCUT2D eigenvalue weighted by Gasteiger charge is -2.14. The van der Waals surface area contributed by atoms with E-state index in [4.69, 9.17) is 0 Å². The van der Waals surface area contributed by atoms with Crippen LogP contribution < -0.4 is 10.2 Å². The van der Waals surface area contributed by atoms with Crippen molar-refractivity contribution in [1.29, 1.82) is 0 Å². The van der Waals surface area contributed by atoms with Crippen LogP contribution in [0.5, 0.6) is 0 Å². The van der Waals surface area contributed by atoms with Crippen LogP contribution in [0.1, 0.15) is 6.42 Å². The standard InChI is InChI=1S/C13H18N2OS/c1-15(2)12-5-3-11(4-6-12)14-13(16)10-7-8-17-9-10/h3-6,10H,7-9H2,1-2H3,(H,14,16). The summed E-state index contributed by atoms with van der Waals surface area (Å²) in [5.41, 5.74) is 2.02. The van der Waals surface area contributed by atoms with Crippen molar-refractivity contribution >= 4 is 29.0 Å². The van der Waals surface area contributed by atoms with E-state index in [1.54, 1.807) is 0 Å². The lowest BCUT2D eigenvalue weighted by atomic mass is 10.1. The fourth-order valence-electron chi connectivity index (χ4n) is 1.83. The first-order chi connectivity index (χ1) is 8.16. The average Bonchev–Trinajstić information content (AvgIpc) is 2.83. The Balaban J connectivity index is 1.96. The molecule has 0 radical (unpaired) electrons. The highest BCUT2D eigenvalue weighted by atomic mass is 32.2. The van der Waals surface area contributed by atoms with Gasteiger partial charge in [0.1, 0.15) is 0 Å². The quantitative estimate of drug-likeness (QED) is 0.894. The van der Waals surface area contributed by atoms with Crippen LogP contribution in [0.25, 0.3) is 0 Å². The van der Waals surface area contributed by atoms with Gasteiger partial charge in [0.2, 0.25) is 5.91 Å². The number of nitrogens with one attached hydrogen (secondary N) is 1. The van der Waals surface area contributed by atoms with Gasteiger partial charge in [-0.1, -0.05) is 0 Å². The Labute approximate surface area is 107 Å². The third-order valence-electron chi connectivity index (χ3n) is 2.95. The van der Waals surface area contributed by atoms with Gasteiger partial charge < -0.3 is 10.2 Å². The first-order valence-corrected chi connectivity index (χ1v) is 6.98. The molecule has 0 spiro atoms. The molecule has 3 nitrogen and oxygen atoms in total. The minimum Gasteiger partial charge on any atom is -0.378 e.